The first kappa shape index (κ1) is 7.85. The topological polar surface area (TPSA) is 42.2 Å². The van der Waals surface area contributed by atoms with Gasteiger partial charge in [0.2, 0.25) is 0 Å². The Morgan fingerprint density at radius 3 is 2.55 bits per heavy atom. The Morgan fingerprint density at radius 1 is 1.45 bits per heavy atom. The van der Waals surface area contributed by atoms with Gasteiger partial charge in [0.25, 0.3) is 5.56 Å². The Labute approximate surface area is 64.9 Å². The van der Waals surface area contributed by atoms with E-state index in [1.54, 1.807) is 20.9 Å². The van der Waals surface area contributed by atoms with Gasteiger partial charge in [0.1, 0.15) is 5.75 Å². The van der Waals surface area contributed by atoms with Crippen LogP contribution >= 0.6 is 0 Å². The molecular weight excluding hydrogens is 142 g/mol. The lowest BCUT2D eigenvalue weighted by atomic mass is 10.2. The fourth-order valence-electron chi connectivity index (χ4n) is 0.924. The fraction of sp³-hybridized carbons (Fsp3) is 0.375. The summed E-state index contributed by atoms with van der Waals surface area (Å²) in [4.78, 5) is 11.0. The summed E-state index contributed by atoms with van der Waals surface area (Å²) in [5, 5.41) is 9.19. The Kier molecular flexibility index (Phi) is 1.72. The smallest absolute Gasteiger partial charge is 0.254 e. The van der Waals surface area contributed by atoms with Gasteiger partial charge in [0, 0.05) is 24.4 Å². The zero-order chi connectivity index (χ0) is 8.59. The summed E-state index contributed by atoms with van der Waals surface area (Å²) in [5.41, 5.74) is 1.38. The average Bonchev–Trinajstić information content (AvgIpc) is 1.97. The highest BCUT2D eigenvalue weighted by Gasteiger charge is 2.03. The van der Waals surface area contributed by atoms with Gasteiger partial charge in [-0.1, -0.05) is 0 Å². The molecule has 0 bridgehead atoms. The van der Waals surface area contributed by atoms with Crippen molar-refractivity contribution in [1.29, 1.82) is 0 Å². The predicted octanol–water partition coefficient (Wildman–Crippen LogP) is 0.708. The van der Waals surface area contributed by atoms with E-state index in [1.807, 2.05) is 0 Å². The first-order chi connectivity index (χ1) is 5.04. The van der Waals surface area contributed by atoms with Gasteiger partial charge in [-0.25, -0.2) is 0 Å². The van der Waals surface area contributed by atoms with Crippen LogP contribution in [-0.2, 0) is 7.05 Å². The summed E-state index contributed by atoms with van der Waals surface area (Å²) in [5.74, 6) is 0.0746. The molecule has 1 N–H and O–H groups in total. The number of hydrogen-bond donors (Lipinski definition) is 1. The van der Waals surface area contributed by atoms with Crippen LogP contribution in [0.2, 0.25) is 0 Å². The highest BCUT2D eigenvalue weighted by molar-refractivity contribution is 5.32. The lowest BCUT2D eigenvalue weighted by Gasteiger charge is -2.07. The van der Waals surface area contributed by atoms with Crippen molar-refractivity contribution in [1.82, 2.24) is 4.57 Å². The molecular formula is C8H11NO2. The maximum atomic E-state index is 11.0. The maximum absolute atomic E-state index is 11.0. The number of aromatic hydroxyl groups is 1. The molecule has 0 spiro atoms. The van der Waals surface area contributed by atoms with Crippen LogP contribution in [0.1, 0.15) is 11.3 Å². The van der Waals surface area contributed by atoms with Gasteiger partial charge < -0.3 is 9.67 Å². The molecule has 0 aliphatic rings. The minimum absolute atomic E-state index is 0.0746. The first-order valence-electron chi connectivity index (χ1n) is 3.40. The predicted molar refractivity (Wildman–Crippen MR) is 42.8 cm³/mol. The second kappa shape index (κ2) is 2.42. The van der Waals surface area contributed by atoms with Crippen molar-refractivity contribution in [2.75, 3.05) is 0 Å². The Balaban J connectivity index is 3.59. The van der Waals surface area contributed by atoms with Gasteiger partial charge in [0.05, 0.1) is 0 Å². The number of aromatic nitrogens is 1. The van der Waals surface area contributed by atoms with E-state index >= 15 is 0 Å². The summed E-state index contributed by atoms with van der Waals surface area (Å²) >= 11 is 0. The van der Waals surface area contributed by atoms with E-state index < -0.39 is 0 Å². The van der Waals surface area contributed by atoms with Crippen LogP contribution in [0.4, 0.5) is 0 Å². The van der Waals surface area contributed by atoms with Crippen molar-refractivity contribution in [3.05, 3.63) is 27.7 Å². The number of rotatable bonds is 0. The molecule has 1 aromatic rings. The average molecular weight is 153 g/mol. The van der Waals surface area contributed by atoms with Crippen molar-refractivity contribution >= 4 is 0 Å². The van der Waals surface area contributed by atoms with Crippen LogP contribution in [0, 0.1) is 13.8 Å². The molecule has 60 valence electrons. The summed E-state index contributed by atoms with van der Waals surface area (Å²) in [6, 6.07) is 1.22. The van der Waals surface area contributed by atoms with Crippen molar-refractivity contribution in [2.45, 2.75) is 13.8 Å². The Hall–Kier alpha value is -1.25. The SMILES string of the molecule is Cc1c(O)cc(=O)n(C)c1C. The van der Waals surface area contributed by atoms with E-state index in [-0.39, 0.29) is 11.3 Å². The third-order valence-electron chi connectivity index (χ3n) is 2.02. The van der Waals surface area contributed by atoms with Crippen LogP contribution in [0.25, 0.3) is 0 Å². The number of hydrogen-bond acceptors (Lipinski definition) is 2. The molecule has 3 heteroatoms. The Bertz CT molecular complexity index is 339. The van der Waals surface area contributed by atoms with E-state index in [2.05, 4.69) is 0 Å². The van der Waals surface area contributed by atoms with Gasteiger partial charge in [-0.3, -0.25) is 4.79 Å². The fourth-order valence-corrected chi connectivity index (χ4v) is 0.924. The monoisotopic (exact) mass is 153 g/mol. The second-order valence-corrected chi connectivity index (χ2v) is 2.64. The first-order valence-corrected chi connectivity index (χ1v) is 3.40. The molecule has 0 aliphatic carbocycles. The zero-order valence-electron chi connectivity index (χ0n) is 6.88. The van der Waals surface area contributed by atoms with E-state index in [9.17, 15) is 9.90 Å². The molecule has 0 unspecified atom stereocenters. The molecule has 11 heavy (non-hydrogen) atoms. The minimum atomic E-state index is -0.175. The normalized spacial score (nSPS) is 10.1. The molecule has 1 aromatic heterocycles. The van der Waals surface area contributed by atoms with Gasteiger partial charge in [0.15, 0.2) is 0 Å². The van der Waals surface area contributed by atoms with E-state index in [4.69, 9.17) is 0 Å². The lowest BCUT2D eigenvalue weighted by molar-refractivity contribution is 0.466. The molecule has 0 fully saturated rings. The number of pyridine rings is 1. The number of nitrogens with zero attached hydrogens (tertiary/aromatic N) is 1. The highest BCUT2D eigenvalue weighted by atomic mass is 16.3. The third kappa shape index (κ3) is 1.13. The molecule has 0 atom stereocenters. The van der Waals surface area contributed by atoms with Crippen molar-refractivity contribution in [3.8, 4) is 5.75 Å². The molecule has 0 aliphatic heterocycles. The van der Waals surface area contributed by atoms with Crippen molar-refractivity contribution in [3.63, 3.8) is 0 Å². The van der Waals surface area contributed by atoms with Gasteiger partial charge >= 0.3 is 0 Å². The summed E-state index contributed by atoms with van der Waals surface area (Å²) in [6.45, 7) is 3.58. The van der Waals surface area contributed by atoms with Gasteiger partial charge in [-0.05, 0) is 13.8 Å². The zero-order valence-corrected chi connectivity index (χ0v) is 6.88. The van der Waals surface area contributed by atoms with E-state index in [0.29, 0.717) is 0 Å². The quantitative estimate of drug-likeness (QED) is 0.596. The molecule has 0 saturated carbocycles. The van der Waals surface area contributed by atoms with Crippen molar-refractivity contribution < 1.29 is 5.11 Å². The standard InChI is InChI=1S/C8H11NO2/c1-5-6(2)9(3)8(11)4-7(5)10/h4,10H,1-3H3. The van der Waals surface area contributed by atoms with Gasteiger partial charge in [-0.15, -0.1) is 0 Å². The molecule has 0 radical (unpaired) electrons. The molecule has 0 amide bonds. The molecule has 1 heterocycles. The van der Waals surface area contributed by atoms with E-state index in [1.165, 1.54) is 10.6 Å². The molecule has 0 saturated heterocycles. The minimum Gasteiger partial charge on any atom is -0.507 e. The largest absolute Gasteiger partial charge is 0.507 e. The lowest BCUT2D eigenvalue weighted by Crippen LogP contribution is -2.18. The van der Waals surface area contributed by atoms with Crippen LogP contribution < -0.4 is 5.56 Å². The van der Waals surface area contributed by atoms with Gasteiger partial charge in [-0.2, -0.15) is 0 Å². The van der Waals surface area contributed by atoms with Crippen LogP contribution in [0.3, 0.4) is 0 Å². The van der Waals surface area contributed by atoms with Crippen molar-refractivity contribution in [2.24, 2.45) is 7.05 Å². The molecule has 0 aromatic carbocycles. The molecule has 1 rings (SSSR count). The summed E-state index contributed by atoms with van der Waals surface area (Å²) in [6.07, 6.45) is 0. The molecule has 3 nitrogen and oxygen atoms in total. The summed E-state index contributed by atoms with van der Waals surface area (Å²) < 4.78 is 1.51. The van der Waals surface area contributed by atoms with Crippen LogP contribution in [0.5, 0.6) is 5.75 Å². The van der Waals surface area contributed by atoms with Crippen LogP contribution in [0.15, 0.2) is 10.9 Å². The third-order valence-corrected chi connectivity index (χ3v) is 2.02. The van der Waals surface area contributed by atoms with E-state index in [0.717, 1.165) is 11.3 Å². The van der Waals surface area contributed by atoms with Crippen LogP contribution in [-0.4, -0.2) is 9.67 Å². The summed E-state index contributed by atoms with van der Waals surface area (Å²) in [7, 11) is 1.68. The Morgan fingerprint density at radius 2 is 2.00 bits per heavy atom. The maximum Gasteiger partial charge on any atom is 0.254 e. The highest BCUT2D eigenvalue weighted by Crippen LogP contribution is 2.14. The second-order valence-electron chi connectivity index (χ2n) is 2.64.